The topological polar surface area (TPSA) is 32.3 Å². The molecule has 23 heavy (non-hydrogen) atoms. The summed E-state index contributed by atoms with van der Waals surface area (Å²) in [6.07, 6.45) is 0. The van der Waals surface area contributed by atoms with E-state index >= 15 is 0 Å². The Hall–Kier alpha value is -1.69. The molecule has 1 N–H and O–H groups in total. The molecule has 0 bridgehead atoms. The van der Waals surface area contributed by atoms with Gasteiger partial charge in [0.1, 0.15) is 11.6 Å². The lowest BCUT2D eigenvalue weighted by Gasteiger charge is -2.17. The van der Waals surface area contributed by atoms with Crippen molar-refractivity contribution in [3.8, 4) is 0 Å². The van der Waals surface area contributed by atoms with E-state index in [0.29, 0.717) is 10.6 Å². The molecule has 122 valence electrons. The fourth-order valence-electron chi connectivity index (χ4n) is 2.03. The number of carbonyl (C=O) groups is 1. The van der Waals surface area contributed by atoms with E-state index in [1.54, 1.807) is 18.0 Å². The summed E-state index contributed by atoms with van der Waals surface area (Å²) in [7, 11) is 1.64. The van der Waals surface area contributed by atoms with Gasteiger partial charge in [-0.15, -0.1) is 0 Å². The van der Waals surface area contributed by atoms with Crippen LogP contribution in [-0.2, 0) is 11.3 Å². The van der Waals surface area contributed by atoms with Gasteiger partial charge in [0.05, 0.1) is 12.2 Å². The van der Waals surface area contributed by atoms with Gasteiger partial charge >= 0.3 is 0 Å². The van der Waals surface area contributed by atoms with E-state index in [-0.39, 0.29) is 23.8 Å². The average Bonchev–Trinajstić information content (AvgIpc) is 2.46. The van der Waals surface area contributed by atoms with Crippen LogP contribution in [0.4, 0.5) is 14.5 Å². The number of hydrogen-bond donors (Lipinski definition) is 1. The number of anilines is 1. The predicted molar refractivity (Wildman–Crippen MR) is 87.8 cm³/mol. The minimum Gasteiger partial charge on any atom is -0.322 e. The number of likely N-dealkylation sites (N-methyl/N-ethyl adjacent to an activating group) is 1. The van der Waals surface area contributed by atoms with Crippen LogP contribution in [0.15, 0.2) is 36.4 Å². The molecule has 2 aromatic rings. The van der Waals surface area contributed by atoms with Gasteiger partial charge in [-0.05, 0) is 37.4 Å². The standard InChI is InChI=1S/C16H14Cl2F2N2O/c1-22(8-11-12(18)3-2-4-13(11)19)9-16(23)21-15-6-5-10(17)7-14(15)20/h2-7H,8-9H2,1H3,(H,21,23). The number of amides is 1. The molecule has 7 heteroatoms. The number of nitrogens with one attached hydrogen (secondary N) is 1. The highest BCUT2D eigenvalue weighted by Crippen LogP contribution is 2.21. The number of carbonyl (C=O) groups excluding carboxylic acids is 1. The molecule has 0 aliphatic heterocycles. The number of halogens is 4. The summed E-state index contributed by atoms with van der Waals surface area (Å²) in [6, 6.07) is 8.36. The minimum absolute atomic E-state index is 0.0386. The minimum atomic E-state index is -0.620. The third kappa shape index (κ3) is 4.89. The van der Waals surface area contributed by atoms with Crippen LogP contribution in [0.3, 0.4) is 0 Å². The quantitative estimate of drug-likeness (QED) is 0.861. The Morgan fingerprint density at radius 2 is 1.91 bits per heavy atom. The van der Waals surface area contributed by atoms with Gasteiger partial charge in [-0.3, -0.25) is 9.69 Å². The molecular weight excluding hydrogens is 345 g/mol. The Kier molecular flexibility index (Phi) is 5.93. The van der Waals surface area contributed by atoms with Crippen LogP contribution in [0.1, 0.15) is 5.56 Å². The first-order valence-corrected chi connectivity index (χ1v) is 7.48. The van der Waals surface area contributed by atoms with Gasteiger partial charge in [-0.25, -0.2) is 8.78 Å². The Morgan fingerprint density at radius 3 is 2.57 bits per heavy atom. The van der Waals surface area contributed by atoms with Crippen molar-refractivity contribution in [1.82, 2.24) is 4.90 Å². The molecule has 0 radical (unpaired) electrons. The maximum absolute atomic E-state index is 13.7. The van der Waals surface area contributed by atoms with Crippen molar-refractivity contribution < 1.29 is 13.6 Å². The van der Waals surface area contributed by atoms with Crippen molar-refractivity contribution in [2.75, 3.05) is 18.9 Å². The molecule has 0 saturated heterocycles. The smallest absolute Gasteiger partial charge is 0.238 e. The van der Waals surface area contributed by atoms with E-state index in [1.165, 1.54) is 24.3 Å². The monoisotopic (exact) mass is 358 g/mol. The molecule has 0 fully saturated rings. The van der Waals surface area contributed by atoms with Gasteiger partial charge in [0.25, 0.3) is 0 Å². The molecule has 0 aliphatic rings. The van der Waals surface area contributed by atoms with Crippen molar-refractivity contribution >= 4 is 34.8 Å². The fourth-order valence-corrected chi connectivity index (χ4v) is 2.42. The zero-order valence-electron chi connectivity index (χ0n) is 12.2. The van der Waals surface area contributed by atoms with Crippen LogP contribution < -0.4 is 5.32 Å². The van der Waals surface area contributed by atoms with Crippen LogP contribution >= 0.6 is 23.2 Å². The second kappa shape index (κ2) is 7.73. The Bertz CT molecular complexity index is 705. The number of nitrogens with zero attached hydrogens (tertiary/aromatic N) is 1. The molecule has 0 spiro atoms. The third-order valence-corrected chi connectivity index (χ3v) is 3.70. The van der Waals surface area contributed by atoms with Gasteiger partial charge in [0, 0.05) is 22.2 Å². The zero-order chi connectivity index (χ0) is 17.0. The summed E-state index contributed by atoms with van der Waals surface area (Å²) in [5.74, 6) is -1.49. The lowest BCUT2D eigenvalue weighted by molar-refractivity contribution is -0.117. The van der Waals surface area contributed by atoms with Gasteiger partial charge in [-0.2, -0.15) is 0 Å². The molecule has 1 amide bonds. The SMILES string of the molecule is CN(CC(=O)Nc1ccc(Cl)cc1F)Cc1c(F)cccc1Cl. The maximum atomic E-state index is 13.7. The van der Waals surface area contributed by atoms with Gasteiger partial charge in [-0.1, -0.05) is 29.3 Å². The highest BCUT2D eigenvalue weighted by molar-refractivity contribution is 6.31. The van der Waals surface area contributed by atoms with E-state index in [1.807, 2.05) is 0 Å². The zero-order valence-corrected chi connectivity index (χ0v) is 13.8. The first-order chi connectivity index (χ1) is 10.9. The van der Waals surface area contributed by atoms with Crippen LogP contribution in [0.5, 0.6) is 0 Å². The summed E-state index contributed by atoms with van der Waals surface area (Å²) in [5.41, 5.74) is 0.346. The molecule has 0 saturated carbocycles. The second-order valence-electron chi connectivity index (χ2n) is 5.04. The summed E-state index contributed by atoms with van der Waals surface area (Å²) >= 11 is 11.6. The van der Waals surface area contributed by atoms with E-state index in [4.69, 9.17) is 23.2 Å². The van der Waals surface area contributed by atoms with Gasteiger partial charge < -0.3 is 5.32 Å². The lowest BCUT2D eigenvalue weighted by Crippen LogP contribution is -2.30. The molecular formula is C16H14Cl2F2N2O. The van der Waals surface area contributed by atoms with Crippen molar-refractivity contribution in [1.29, 1.82) is 0 Å². The molecule has 2 rings (SSSR count). The van der Waals surface area contributed by atoms with Crippen LogP contribution in [0.25, 0.3) is 0 Å². The number of benzene rings is 2. The molecule has 0 heterocycles. The first-order valence-electron chi connectivity index (χ1n) is 6.73. The highest BCUT2D eigenvalue weighted by Gasteiger charge is 2.13. The number of rotatable bonds is 5. The van der Waals surface area contributed by atoms with Crippen LogP contribution in [0.2, 0.25) is 10.0 Å². The van der Waals surface area contributed by atoms with Crippen molar-refractivity contribution in [2.45, 2.75) is 6.54 Å². The molecule has 3 nitrogen and oxygen atoms in total. The molecule has 0 atom stereocenters. The predicted octanol–water partition coefficient (Wildman–Crippen LogP) is 4.34. The maximum Gasteiger partial charge on any atom is 0.238 e. The fraction of sp³-hybridized carbons (Fsp3) is 0.188. The Morgan fingerprint density at radius 1 is 1.17 bits per heavy atom. The lowest BCUT2D eigenvalue weighted by atomic mass is 10.2. The van der Waals surface area contributed by atoms with Gasteiger partial charge in [0.15, 0.2) is 0 Å². The largest absolute Gasteiger partial charge is 0.322 e. The molecule has 0 aliphatic carbocycles. The summed E-state index contributed by atoms with van der Waals surface area (Å²) in [4.78, 5) is 13.5. The van der Waals surface area contributed by atoms with Crippen molar-refractivity contribution in [2.24, 2.45) is 0 Å². The van der Waals surface area contributed by atoms with Crippen molar-refractivity contribution in [3.05, 3.63) is 63.6 Å². The average molecular weight is 359 g/mol. The van der Waals surface area contributed by atoms with Crippen LogP contribution in [-0.4, -0.2) is 24.4 Å². The first kappa shape index (κ1) is 17.7. The van der Waals surface area contributed by atoms with Crippen LogP contribution in [0, 0.1) is 11.6 Å². The van der Waals surface area contributed by atoms with E-state index < -0.39 is 17.5 Å². The van der Waals surface area contributed by atoms with E-state index in [0.717, 1.165) is 6.07 Å². The highest BCUT2D eigenvalue weighted by atomic mass is 35.5. The van der Waals surface area contributed by atoms with Gasteiger partial charge in [0.2, 0.25) is 5.91 Å². The Labute approximate surface area is 142 Å². The molecule has 0 unspecified atom stereocenters. The normalized spacial score (nSPS) is 10.9. The molecule has 2 aromatic carbocycles. The molecule has 0 aromatic heterocycles. The van der Waals surface area contributed by atoms with E-state index in [2.05, 4.69) is 5.32 Å². The Balaban J connectivity index is 1.97. The third-order valence-electron chi connectivity index (χ3n) is 3.11. The second-order valence-corrected chi connectivity index (χ2v) is 5.89. The summed E-state index contributed by atoms with van der Waals surface area (Å²) in [5, 5.41) is 2.98. The van der Waals surface area contributed by atoms with E-state index in [9.17, 15) is 13.6 Å². The van der Waals surface area contributed by atoms with Crippen molar-refractivity contribution in [3.63, 3.8) is 0 Å². The summed E-state index contributed by atoms with van der Waals surface area (Å²) in [6.45, 7) is 0.106. The summed E-state index contributed by atoms with van der Waals surface area (Å²) < 4.78 is 27.3. The number of hydrogen-bond acceptors (Lipinski definition) is 2.